The van der Waals surface area contributed by atoms with Crippen molar-refractivity contribution in [1.29, 1.82) is 5.26 Å². The zero-order chi connectivity index (χ0) is 35.2. The quantitative estimate of drug-likeness (QED) is 0.0413. The van der Waals surface area contributed by atoms with Gasteiger partial charge in [0.2, 0.25) is 0 Å². The average Bonchev–Trinajstić information content (AvgIpc) is 3.65. The second-order valence-electron chi connectivity index (χ2n) is 13.0. The maximum absolute atomic E-state index is 13.2. The second-order valence-corrected chi connectivity index (χ2v) is 13.0. The zero-order valence-corrected chi connectivity index (χ0v) is 30.1. The fourth-order valence-electron chi connectivity index (χ4n) is 5.82. The van der Waals surface area contributed by atoms with E-state index < -0.39 is 5.97 Å². The molecule has 0 atom stereocenters. The molecular formula is C43H54N2O5. The zero-order valence-electron chi connectivity index (χ0n) is 30.1. The number of benzene rings is 3. The number of hydrogen-bond acceptors (Lipinski definition) is 7. The van der Waals surface area contributed by atoms with Crippen molar-refractivity contribution in [2.24, 2.45) is 0 Å². The third-order valence-corrected chi connectivity index (χ3v) is 8.86. The Morgan fingerprint density at radius 3 is 1.76 bits per heavy atom. The Kier molecular flexibility index (Phi) is 17.0. The molecule has 4 rings (SSSR count). The maximum Gasteiger partial charge on any atom is 0.343 e. The van der Waals surface area contributed by atoms with Crippen LogP contribution < -0.4 is 14.2 Å². The molecule has 1 aromatic heterocycles. The topological polar surface area (TPSA) is 94.6 Å². The van der Waals surface area contributed by atoms with Gasteiger partial charge in [-0.2, -0.15) is 5.26 Å². The predicted octanol–water partition coefficient (Wildman–Crippen LogP) is 12.1. The molecule has 4 aromatic rings. The molecule has 0 saturated carbocycles. The van der Waals surface area contributed by atoms with Crippen LogP contribution in [0.4, 0.5) is 0 Å². The number of aromatic nitrogens is 1. The van der Waals surface area contributed by atoms with Gasteiger partial charge in [-0.3, -0.25) is 0 Å². The number of nitriles is 1. The molecule has 0 radical (unpaired) electrons. The number of hydrogen-bond donors (Lipinski definition) is 0. The summed E-state index contributed by atoms with van der Waals surface area (Å²) < 4.78 is 23.6. The molecule has 0 bridgehead atoms. The van der Waals surface area contributed by atoms with Crippen molar-refractivity contribution in [3.63, 3.8) is 0 Å². The Balaban J connectivity index is 1.32. The van der Waals surface area contributed by atoms with Gasteiger partial charge in [-0.1, -0.05) is 109 Å². The Labute approximate surface area is 298 Å². The first kappa shape index (κ1) is 38.2. The number of carbonyl (C=O) groups excluding carboxylic acids is 1. The molecule has 0 N–H and O–H groups in total. The highest BCUT2D eigenvalue weighted by Crippen LogP contribution is 2.31. The maximum atomic E-state index is 13.2. The summed E-state index contributed by atoms with van der Waals surface area (Å²) in [5.41, 5.74) is 3.30. The van der Waals surface area contributed by atoms with Crippen LogP contribution in [-0.2, 0) is 0 Å². The summed E-state index contributed by atoms with van der Waals surface area (Å²) in [6.07, 6.45) is 19.7. The van der Waals surface area contributed by atoms with Crippen LogP contribution >= 0.6 is 0 Å². The standard InChI is InChI=1S/C43H54N2O5/c1-3-5-7-9-11-13-15-17-29-47-40-28-25-37(31-42(40)48-30-18-16-14-12-10-8-6-4-2)43(46)49-38-26-23-35(24-27-38)39-32-41(50-45-39)36-21-19-34(33-44)20-22-36/h19-28,31-32H,3-18,29-30H2,1-2H3. The van der Waals surface area contributed by atoms with Gasteiger partial charge in [0, 0.05) is 17.2 Å². The Hall–Kier alpha value is -4.57. The van der Waals surface area contributed by atoms with E-state index in [4.69, 9.17) is 24.0 Å². The minimum Gasteiger partial charge on any atom is -0.490 e. The molecule has 0 saturated heterocycles. The van der Waals surface area contributed by atoms with E-state index in [1.165, 1.54) is 77.0 Å². The minimum atomic E-state index is -0.464. The third kappa shape index (κ3) is 13.0. The number of ether oxygens (including phenoxy) is 3. The molecule has 1 heterocycles. The second kappa shape index (κ2) is 22.2. The summed E-state index contributed by atoms with van der Waals surface area (Å²) in [6.45, 7) is 5.70. The number of unbranched alkanes of at least 4 members (excludes halogenated alkanes) is 14. The summed E-state index contributed by atoms with van der Waals surface area (Å²) in [5, 5.41) is 13.2. The molecule has 0 aliphatic heterocycles. The third-order valence-electron chi connectivity index (χ3n) is 8.86. The van der Waals surface area contributed by atoms with Gasteiger partial charge in [-0.15, -0.1) is 0 Å². The van der Waals surface area contributed by atoms with Gasteiger partial charge >= 0.3 is 5.97 Å². The van der Waals surface area contributed by atoms with Gasteiger partial charge in [0.25, 0.3) is 0 Å². The summed E-state index contributed by atoms with van der Waals surface area (Å²) >= 11 is 0. The van der Waals surface area contributed by atoms with Crippen LogP contribution in [0.15, 0.2) is 77.3 Å². The van der Waals surface area contributed by atoms with Crippen LogP contribution in [0.1, 0.15) is 133 Å². The van der Waals surface area contributed by atoms with Crippen LogP contribution in [0, 0.1) is 11.3 Å². The van der Waals surface area contributed by atoms with E-state index in [9.17, 15) is 4.79 Å². The number of carbonyl (C=O) groups is 1. The lowest BCUT2D eigenvalue weighted by atomic mass is 10.1. The van der Waals surface area contributed by atoms with Gasteiger partial charge in [0.1, 0.15) is 11.4 Å². The summed E-state index contributed by atoms with van der Waals surface area (Å²) in [4.78, 5) is 13.2. The fourth-order valence-corrected chi connectivity index (χ4v) is 5.82. The van der Waals surface area contributed by atoms with Gasteiger partial charge in [-0.05, 0) is 79.6 Å². The first-order chi connectivity index (χ1) is 24.6. The lowest BCUT2D eigenvalue weighted by Crippen LogP contribution is -2.10. The highest BCUT2D eigenvalue weighted by atomic mass is 16.5. The van der Waals surface area contributed by atoms with E-state index in [1.54, 1.807) is 36.4 Å². The molecule has 266 valence electrons. The fraction of sp³-hybridized carbons (Fsp3) is 0.465. The van der Waals surface area contributed by atoms with Crippen molar-refractivity contribution < 1.29 is 23.5 Å². The van der Waals surface area contributed by atoms with Crippen molar-refractivity contribution >= 4 is 5.97 Å². The largest absolute Gasteiger partial charge is 0.490 e. The van der Waals surface area contributed by atoms with E-state index in [1.807, 2.05) is 36.4 Å². The first-order valence-electron chi connectivity index (χ1n) is 18.8. The van der Waals surface area contributed by atoms with E-state index in [-0.39, 0.29) is 0 Å². The number of rotatable bonds is 24. The Morgan fingerprint density at radius 1 is 0.640 bits per heavy atom. The van der Waals surface area contributed by atoms with Crippen LogP contribution in [0.2, 0.25) is 0 Å². The number of esters is 1. The predicted molar refractivity (Wildman–Crippen MR) is 200 cm³/mol. The molecule has 3 aromatic carbocycles. The van der Waals surface area contributed by atoms with Crippen molar-refractivity contribution in [1.82, 2.24) is 5.16 Å². The van der Waals surface area contributed by atoms with Crippen molar-refractivity contribution in [2.75, 3.05) is 13.2 Å². The molecule has 7 heteroatoms. The van der Waals surface area contributed by atoms with Crippen molar-refractivity contribution in [3.8, 4) is 45.9 Å². The molecule has 0 aliphatic carbocycles. The average molecular weight is 679 g/mol. The highest BCUT2D eigenvalue weighted by molar-refractivity contribution is 5.92. The smallest absolute Gasteiger partial charge is 0.343 e. The van der Waals surface area contributed by atoms with Gasteiger partial charge in [-0.25, -0.2) is 4.79 Å². The van der Waals surface area contributed by atoms with Gasteiger partial charge in [0.15, 0.2) is 17.3 Å². The molecule has 0 fully saturated rings. The highest BCUT2D eigenvalue weighted by Gasteiger charge is 2.15. The van der Waals surface area contributed by atoms with Gasteiger partial charge in [0.05, 0.1) is 30.4 Å². The summed E-state index contributed by atoms with van der Waals surface area (Å²) in [6, 6.07) is 23.6. The van der Waals surface area contributed by atoms with Crippen molar-refractivity contribution in [2.45, 2.75) is 117 Å². The summed E-state index contributed by atoms with van der Waals surface area (Å²) in [5.74, 6) is 1.81. The molecule has 7 nitrogen and oxygen atoms in total. The Bertz CT molecular complexity index is 1590. The van der Waals surface area contributed by atoms with Crippen molar-refractivity contribution in [3.05, 3.63) is 83.9 Å². The van der Waals surface area contributed by atoms with Crippen LogP contribution in [0.25, 0.3) is 22.6 Å². The molecule has 50 heavy (non-hydrogen) atoms. The first-order valence-corrected chi connectivity index (χ1v) is 18.8. The Morgan fingerprint density at radius 2 is 1.18 bits per heavy atom. The van der Waals surface area contributed by atoms with Crippen LogP contribution in [0.5, 0.6) is 17.2 Å². The van der Waals surface area contributed by atoms with Crippen LogP contribution in [-0.4, -0.2) is 24.3 Å². The molecule has 0 spiro atoms. The van der Waals surface area contributed by atoms with Crippen LogP contribution in [0.3, 0.4) is 0 Å². The molecule has 0 amide bonds. The minimum absolute atomic E-state index is 0.406. The van der Waals surface area contributed by atoms with Gasteiger partial charge < -0.3 is 18.7 Å². The molecule has 0 aliphatic rings. The normalized spacial score (nSPS) is 10.9. The van der Waals surface area contributed by atoms with E-state index >= 15 is 0 Å². The van der Waals surface area contributed by atoms with E-state index in [0.717, 1.165) is 36.8 Å². The summed E-state index contributed by atoms with van der Waals surface area (Å²) in [7, 11) is 0. The lowest BCUT2D eigenvalue weighted by Gasteiger charge is -2.14. The lowest BCUT2D eigenvalue weighted by molar-refractivity contribution is 0.0734. The van der Waals surface area contributed by atoms with E-state index in [0.29, 0.717) is 53.0 Å². The monoisotopic (exact) mass is 678 g/mol. The van der Waals surface area contributed by atoms with E-state index in [2.05, 4.69) is 25.1 Å². The molecular weight excluding hydrogens is 624 g/mol. The SMILES string of the molecule is CCCCCCCCCCOc1ccc(C(=O)Oc2ccc(-c3cc(-c4ccc(C#N)cc4)on3)cc2)cc1OCCCCCCCCCC. The molecule has 0 unspecified atom stereocenters. The number of nitrogens with zero attached hydrogens (tertiary/aromatic N) is 2.